The second-order valence-corrected chi connectivity index (χ2v) is 3.63. The van der Waals surface area contributed by atoms with Crippen molar-refractivity contribution in [2.24, 2.45) is 5.92 Å². The molecule has 4 heteroatoms. The van der Waals surface area contributed by atoms with Crippen LogP contribution in [0.1, 0.15) is 12.8 Å². The molecule has 0 radical (unpaired) electrons. The first-order chi connectivity index (χ1) is 7.36. The average Bonchev–Trinajstić information content (AvgIpc) is 2.31. The molecule has 0 unspecified atom stereocenters. The molecule has 80 valence electrons. The Morgan fingerprint density at radius 1 is 1.47 bits per heavy atom. The van der Waals surface area contributed by atoms with Gasteiger partial charge in [-0.25, -0.2) is 0 Å². The molecular weight excluding hydrogens is 192 g/mol. The lowest BCUT2D eigenvalue weighted by molar-refractivity contribution is -0.139. The molecule has 1 fully saturated rings. The van der Waals surface area contributed by atoms with Crippen molar-refractivity contribution in [1.29, 1.82) is 0 Å². The van der Waals surface area contributed by atoms with E-state index in [1.807, 2.05) is 0 Å². The van der Waals surface area contributed by atoms with Crippen LogP contribution in [-0.4, -0.2) is 24.0 Å². The van der Waals surface area contributed by atoms with Crippen LogP contribution in [0.5, 0.6) is 5.75 Å². The van der Waals surface area contributed by atoms with E-state index in [1.54, 1.807) is 24.5 Å². The maximum Gasteiger partial charge on any atom is 0.314 e. The smallest absolute Gasteiger partial charge is 0.314 e. The number of pyridine rings is 1. The van der Waals surface area contributed by atoms with Gasteiger partial charge >= 0.3 is 5.97 Å². The quantitative estimate of drug-likeness (QED) is 0.733. The van der Waals surface area contributed by atoms with E-state index in [0.29, 0.717) is 5.75 Å². The Hall–Kier alpha value is -1.42. The highest BCUT2D eigenvalue weighted by molar-refractivity contribution is 5.75. The predicted octanol–water partition coefficient (Wildman–Crippen LogP) is 0.987. The number of piperidine rings is 1. The standard InChI is InChI=1S/C11H14N2O2/c14-11(9-3-6-12-7-4-9)15-10-2-1-5-13-8-10/h1-2,5,8-9,12H,3-4,6-7H2. The molecule has 2 heterocycles. The highest BCUT2D eigenvalue weighted by Crippen LogP contribution is 2.16. The minimum atomic E-state index is -0.135. The zero-order valence-corrected chi connectivity index (χ0v) is 8.48. The van der Waals surface area contributed by atoms with Gasteiger partial charge in [0.1, 0.15) is 5.75 Å². The third-order valence-electron chi connectivity index (χ3n) is 2.53. The van der Waals surface area contributed by atoms with Crippen LogP contribution in [-0.2, 0) is 4.79 Å². The number of carbonyl (C=O) groups excluding carboxylic acids is 1. The Labute approximate surface area is 88.7 Å². The topological polar surface area (TPSA) is 51.2 Å². The third-order valence-corrected chi connectivity index (χ3v) is 2.53. The summed E-state index contributed by atoms with van der Waals surface area (Å²) in [5.74, 6) is 0.428. The second-order valence-electron chi connectivity index (χ2n) is 3.63. The maximum atomic E-state index is 11.7. The van der Waals surface area contributed by atoms with E-state index in [1.165, 1.54) is 0 Å². The van der Waals surface area contributed by atoms with Crippen molar-refractivity contribution in [2.75, 3.05) is 13.1 Å². The summed E-state index contributed by atoms with van der Waals surface area (Å²) in [6.07, 6.45) is 4.93. The van der Waals surface area contributed by atoms with Gasteiger partial charge in [0.05, 0.1) is 12.1 Å². The molecular formula is C11H14N2O2. The number of esters is 1. The summed E-state index contributed by atoms with van der Waals surface area (Å²) in [7, 11) is 0. The highest BCUT2D eigenvalue weighted by atomic mass is 16.5. The number of hydrogen-bond donors (Lipinski definition) is 1. The van der Waals surface area contributed by atoms with Crippen LogP contribution in [0.25, 0.3) is 0 Å². The molecule has 1 N–H and O–H groups in total. The van der Waals surface area contributed by atoms with Gasteiger partial charge in [0, 0.05) is 6.20 Å². The second kappa shape index (κ2) is 4.89. The molecule has 0 aromatic carbocycles. The van der Waals surface area contributed by atoms with Crippen molar-refractivity contribution in [3.8, 4) is 5.75 Å². The van der Waals surface area contributed by atoms with Crippen LogP contribution in [0.15, 0.2) is 24.5 Å². The molecule has 0 amide bonds. The fraction of sp³-hybridized carbons (Fsp3) is 0.455. The Balaban J connectivity index is 1.91. The van der Waals surface area contributed by atoms with Gasteiger partial charge in [0.15, 0.2) is 0 Å². The molecule has 1 aliphatic rings. The summed E-state index contributed by atoms with van der Waals surface area (Å²) < 4.78 is 5.22. The van der Waals surface area contributed by atoms with Crippen LogP contribution in [0.2, 0.25) is 0 Å². The highest BCUT2D eigenvalue weighted by Gasteiger charge is 2.22. The van der Waals surface area contributed by atoms with Gasteiger partial charge in [-0.05, 0) is 38.1 Å². The summed E-state index contributed by atoms with van der Waals surface area (Å²) in [4.78, 5) is 15.6. The number of nitrogens with one attached hydrogen (secondary N) is 1. The first-order valence-corrected chi connectivity index (χ1v) is 5.19. The van der Waals surface area contributed by atoms with E-state index in [-0.39, 0.29) is 11.9 Å². The summed E-state index contributed by atoms with van der Waals surface area (Å²) in [5.41, 5.74) is 0. The van der Waals surface area contributed by atoms with Gasteiger partial charge in [0.25, 0.3) is 0 Å². The van der Waals surface area contributed by atoms with Crippen molar-refractivity contribution in [1.82, 2.24) is 10.3 Å². The van der Waals surface area contributed by atoms with Crippen LogP contribution < -0.4 is 10.1 Å². The average molecular weight is 206 g/mol. The SMILES string of the molecule is O=C(Oc1cccnc1)C1CCNCC1. The normalized spacial score (nSPS) is 17.3. The molecule has 0 saturated carbocycles. The van der Waals surface area contributed by atoms with Crippen LogP contribution >= 0.6 is 0 Å². The summed E-state index contributed by atoms with van der Waals surface area (Å²) in [5, 5.41) is 3.21. The molecule has 4 nitrogen and oxygen atoms in total. The Bertz CT molecular complexity index is 321. The van der Waals surface area contributed by atoms with E-state index in [0.717, 1.165) is 25.9 Å². The van der Waals surface area contributed by atoms with Gasteiger partial charge in [-0.1, -0.05) is 0 Å². The minimum absolute atomic E-state index is 0.0338. The van der Waals surface area contributed by atoms with E-state index >= 15 is 0 Å². The number of ether oxygens (including phenoxy) is 1. The first-order valence-electron chi connectivity index (χ1n) is 5.19. The van der Waals surface area contributed by atoms with Crippen molar-refractivity contribution < 1.29 is 9.53 Å². The first kappa shape index (κ1) is 10.1. The van der Waals surface area contributed by atoms with Gasteiger partial charge < -0.3 is 10.1 Å². The van der Waals surface area contributed by atoms with Crippen LogP contribution in [0.3, 0.4) is 0 Å². The van der Waals surface area contributed by atoms with E-state index in [4.69, 9.17) is 4.74 Å². The lowest BCUT2D eigenvalue weighted by Gasteiger charge is -2.20. The molecule has 0 atom stereocenters. The lowest BCUT2D eigenvalue weighted by Crippen LogP contribution is -2.33. The monoisotopic (exact) mass is 206 g/mol. The van der Waals surface area contributed by atoms with Gasteiger partial charge in [-0.15, -0.1) is 0 Å². The van der Waals surface area contributed by atoms with Crippen molar-refractivity contribution in [3.05, 3.63) is 24.5 Å². The predicted molar refractivity (Wildman–Crippen MR) is 55.5 cm³/mol. The zero-order chi connectivity index (χ0) is 10.5. The Kier molecular flexibility index (Phi) is 3.29. The van der Waals surface area contributed by atoms with Gasteiger partial charge in [-0.2, -0.15) is 0 Å². The van der Waals surface area contributed by atoms with Crippen molar-refractivity contribution >= 4 is 5.97 Å². The van der Waals surface area contributed by atoms with Crippen molar-refractivity contribution in [2.45, 2.75) is 12.8 Å². The van der Waals surface area contributed by atoms with E-state index in [9.17, 15) is 4.79 Å². The Morgan fingerprint density at radius 3 is 2.93 bits per heavy atom. The number of carbonyl (C=O) groups is 1. The summed E-state index contributed by atoms with van der Waals surface area (Å²) >= 11 is 0. The molecule has 0 spiro atoms. The molecule has 1 saturated heterocycles. The van der Waals surface area contributed by atoms with E-state index in [2.05, 4.69) is 10.3 Å². The lowest BCUT2D eigenvalue weighted by atomic mass is 9.99. The molecule has 1 aliphatic heterocycles. The van der Waals surface area contributed by atoms with Crippen molar-refractivity contribution in [3.63, 3.8) is 0 Å². The molecule has 1 aromatic rings. The maximum absolute atomic E-state index is 11.7. The van der Waals surface area contributed by atoms with Gasteiger partial charge in [-0.3, -0.25) is 9.78 Å². The zero-order valence-electron chi connectivity index (χ0n) is 8.48. The molecule has 0 aliphatic carbocycles. The van der Waals surface area contributed by atoms with Crippen LogP contribution in [0.4, 0.5) is 0 Å². The molecule has 1 aromatic heterocycles. The van der Waals surface area contributed by atoms with E-state index < -0.39 is 0 Å². The molecule has 15 heavy (non-hydrogen) atoms. The fourth-order valence-electron chi connectivity index (χ4n) is 1.66. The minimum Gasteiger partial charge on any atom is -0.425 e. The molecule has 0 bridgehead atoms. The van der Waals surface area contributed by atoms with Gasteiger partial charge in [0.2, 0.25) is 0 Å². The Morgan fingerprint density at radius 2 is 2.27 bits per heavy atom. The van der Waals surface area contributed by atoms with Crippen LogP contribution in [0, 0.1) is 5.92 Å². The summed E-state index contributed by atoms with van der Waals surface area (Å²) in [6.45, 7) is 1.79. The number of aromatic nitrogens is 1. The number of rotatable bonds is 2. The number of nitrogens with zero attached hydrogens (tertiary/aromatic N) is 1. The summed E-state index contributed by atoms with van der Waals surface area (Å²) in [6, 6.07) is 3.50. The fourth-order valence-corrected chi connectivity index (χ4v) is 1.66. The molecule has 2 rings (SSSR count). The third kappa shape index (κ3) is 2.76. The largest absolute Gasteiger partial charge is 0.425 e. The number of hydrogen-bond acceptors (Lipinski definition) is 4.